The fraction of sp³-hybridized carbons (Fsp3) is 0.400. The number of aliphatic hydroxyl groups is 2. The molecule has 0 fully saturated rings. The molecule has 4 nitrogen and oxygen atoms in total. The van der Waals surface area contributed by atoms with Gasteiger partial charge in [-0.05, 0) is 24.1 Å². The highest BCUT2D eigenvalue weighted by Gasteiger charge is 2.08. The van der Waals surface area contributed by atoms with E-state index in [0.717, 1.165) is 5.56 Å². The minimum atomic E-state index is -0.258. The minimum absolute atomic E-state index is 0. The van der Waals surface area contributed by atoms with Gasteiger partial charge in [0.15, 0.2) is 0 Å². The number of nitrogens with two attached hydrogens (primary N) is 1. The van der Waals surface area contributed by atoms with Crippen LogP contribution in [0.4, 0.5) is 0 Å². The zero-order chi connectivity index (χ0) is 10.6. The first-order valence-corrected chi connectivity index (χ1v) is 4.48. The van der Waals surface area contributed by atoms with Crippen LogP contribution in [0.15, 0.2) is 18.2 Å². The predicted octanol–water partition coefficient (Wildman–Crippen LogP) is 0.689. The van der Waals surface area contributed by atoms with Crippen LogP contribution in [-0.2, 0) is 6.61 Å². The molecule has 5 heteroatoms. The Morgan fingerprint density at radius 3 is 2.47 bits per heavy atom. The number of phenols is 1. The van der Waals surface area contributed by atoms with Crippen molar-refractivity contribution in [2.75, 3.05) is 6.61 Å². The molecule has 0 amide bonds. The van der Waals surface area contributed by atoms with Crippen LogP contribution in [0.1, 0.15) is 23.6 Å². The number of aliphatic hydroxyl groups excluding tert-OH is 2. The SMILES string of the molecule is Cl.NC(CCO)c1ccc(O)c(CO)c1. The van der Waals surface area contributed by atoms with Crippen LogP contribution >= 0.6 is 12.4 Å². The number of aromatic hydroxyl groups is 1. The molecule has 0 heterocycles. The summed E-state index contributed by atoms with van der Waals surface area (Å²) in [6, 6.07) is 4.58. The van der Waals surface area contributed by atoms with Crippen molar-refractivity contribution in [2.45, 2.75) is 19.1 Å². The first-order chi connectivity index (χ1) is 6.69. The lowest BCUT2D eigenvalue weighted by atomic mass is 10.0. The van der Waals surface area contributed by atoms with Crippen molar-refractivity contribution in [2.24, 2.45) is 5.73 Å². The molecule has 0 aromatic heterocycles. The Labute approximate surface area is 94.8 Å². The summed E-state index contributed by atoms with van der Waals surface area (Å²) in [7, 11) is 0. The molecule has 1 aromatic carbocycles. The Morgan fingerprint density at radius 1 is 1.27 bits per heavy atom. The first-order valence-electron chi connectivity index (χ1n) is 4.48. The summed E-state index contributed by atoms with van der Waals surface area (Å²) in [5.41, 5.74) is 7.02. The summed E-state index contributed by atoms with van der Waals surface area (Å²) in [4.78, 5) is 0. The van der Waals surface area contributed by atoms with Gasteiger partial charge in [0.25, 0.3) is 0 Å². The Morgan fingerprint density at radius 2 is 1.93 bits per heavy atom. The molecule has 5 N–H and O–H groups in total. The first kappa shape index (κ1) is 14.2. The highest BCUT2D eigenvalue weighted by Crippen LogP contribution is 2.22. The second-order valence-electron chi connectivity index (χ2n) is 3.17. The summed E-state index contributed by atoms with van der Waals surface area (Å²) in [5, 5.41) is 26.9. The van der Waals surface area contributed by atoms with Crippen LogP contribution in [0.3, 0.4) is 0 Å². The molecule has 0 bridgehead atoms. The number of hydrogen-bond donors (Lipinski definition) is 4. The Hall–Kier alpha value is -0.810. The standard InChI is InChI=1S/C10H15NO3.ClH/c11-9(3-4-12)7-1-2-10(14)8(5-7)6-13;/h1-2,5,9,12-14H,3-4,6,11H2;1H. The van der Waals surface area contributed by atoms with Gasteiger partial charge >= 0.3 is 0 Å². The quantitative estimate of drug-likeness (QED) is 0.616. The second-order valence-corrected chi connectivity index (χ2v) is 3.17. The van der Waals surface area contributed by atoms with Gasteiger partial charge < -0.3 is 21.1 Å². The van der Waals surface area contributed by atoms with Crippen LogP contribution in [-0.4, -0.2) is 21.9 Å². The van der Waals surface area contributed by atoms with Crippen LogP contribution in [0.25, 0.3) is 0 Å². The van der Waals surface area contributed by atoms with Gasteiger partial charge in [-0.1, -0.05) is 6.07 Å². The van der Waals surface area contributed by atoms with Gasteiger partial charge in [0, 0.05) is 18.2 Å². The number of benzene rings is 1. The average molecular weight is 234 g/mol. The van der Waals surface area contributed by atoms with Crippen molar-refractivity contribution < 1.29 is 15.3 Å². The van der Waals surface area contributed by atoms with Crippen LogP contribution in [0.5, 0.6) is 5.75 Å². The van der Waals surface area contributed by atoms with E-state index in [2.05, 4.69) is 0 Å². The molecule has 86 valence electrons. The molecule has 0 aliphatic rings. The molecule has 1 aromatic rings. The summed E-state index contributed by atoms with van der Waals surface area (Å²) >= 11 is 0. The molecule has 1 atom stereocenters. The van der Waals surface area contributed by atoms with Gasteiger partial charge in [-0.25, -0.2) is 0 Å². The van der Waals surface area contributed by atoms with E-state index in [1.165, 1.54) is 6.07 Å². The molecule has 0 radical (unpaired) electrons. The molecule has 0 aliphatic heterocycles. The summed E-state index contributed by atoms with van der Waals surface area (Å²) in [6.07, 6.45) is 0.468. The van der Waals surface area contributed by atoms with Crippen LogP contribution in [0, 0.1) is 0 Å². The van der Waals surface area contributed by atoms with E-state index in [9.17, 15) is 5.11 Å². The number of hydrogen-bond acceptors (Lipinski definition) is 4. The number of rotatable bonds is 4. The normalized spacial score (nSPS) is 11.9. The van der Waals surface area contributed by atoms with E-state index in [-0.39, 0.29) is 37.4 Å². The van der Waals surface area contributed by atoms with Crippen molar-refractivity contribution in [3.05, 3.63) is 29.3 Å². The fourth-order valence-corrected chi connectivity index (χ4v) is 1.27. The lowest BCUT2D eigenvalue weighted by Gasteiger charge is -2.12. The topological polar surface area (TPSA) is 86.7 Å². The van der Waals surface area contributed by atoms with E-state index < -0.39 is 0 Å². The van der Waals surface area contributed by atoms with Crippen molar-refractivity contribution >= 4 is 12.4 Å². The fourth-order valence-electron chi connectivity index (χ4n) is 1.27. The molecule has 15 heavy (non-hydrogen) atoms. The Kier molecular flexibility index (Phi) is 6.27. The van der Waals surface area contributed by atoms with E-state index in [1.54, 1.807) is 12.1 Å². The van der Waals surface area contributed by atoms with E-state index in [4.69, 9.17) is 15.9 Å². The van der Waals surface area contributed by atoms with Gasteiger partial charge in [-0.3, -0.25) is 0 Å². The van der Waals surface area contributed by atoms with E-state index in [0.29, 0.717) is 12.0 Å². The van der Waals surface area contributed by atoms with Crippen molar-refractivity contribution in [3.8, 4) is 5.75 Å². The van der Waals surface area contributed by atoms with Crippen LogP contribution in [0.2, 0.25) is 0 Å². The molecule has 0 saturated heterocycles. The Bertz CT molecular complexity index is 307. The van der Waals surface area contributed by atoms with Crippen LogP contribution < -0.4 is 5.73 Å². The maximum absolute atomic E-state index is 9.30. The van der Waals surface area contributed by atoms with Gasteiger partial charge in [-0.15, -0.1) is 12.4 Å². The van der Waals surface area contributed by atoms with E-state index >= 15 is 0 Å². The molecule has 1 unspecified atom stereocenters. The van der Waals surface area contributed by atoms with Gasteiger partial charge in [0.05, 0.1) is 6.61 Å². The molecular formula is C10H16ClNO3. The van der Waals surface area contributed by atoms with E-state index in [1.807, 2.05) is 0 Å². The van der Waals surface area contributed by atoms with Crippen molar-refractivity contribution in [1.82, 2.24) is 0 Å². The third-order valence-electron chi connectivity index (χ3n) is 2.14. The monoisotopic (exact) mass is 233 g/mol. The largest absolute Gasteiger partial charge is 0.508 e. The number of halogens is 1. The average Bonchev–Trinajstić information content (AvgIpc) is 2.19. The van der Waals surface area contributed by atoms with Gasteiger partial charge in [0.1, 0.15) is 5.75 Å². The van der Waals surface area contributed by atoms with Crippen molar-refractivity contribution in [3.63, 3.8) is 0 Å². The molecule has 0 spiro atoms. The zero-order valence-corrected chi connectivity index (χ0v) is 9.07. The minimum Gasteiger partial charge on any atom is -0.508 e. The summed E-state index contributed by atoms with van der Waals surface area (Å²) in [6.45, 7) is -0.192. The lowest BCUT2D eigenvalue weighted by molar-refractivity contribution is 0.273. The third-order valence-corrected chi connectivity index (χ3v) is 2.14. The zero-order valence-electron chi connectivity index (χ0n) is 8.26. The maximum Gasteiger partial charge on any atom is 0.121 e. The van der Waals surface area contributed by atoms with Gasteiger partial charge in [0.2, 0.25) is 0 Å². The highest BCUT2D eigenvalue weighted by atomic mass is 35.5. The predicted molar refractivity (Wildman–Crippen MR) is 59.9 cm³/mol. The maximum atomic E-state index is 9.30. The van der Waals surface area contributed by atoms with Crippen molar-refractivity contribution in [1.29, 1.82) is 0 Å². The second kappa shape index (κ2) is 6.63. The Balaban J connectivity index is 0.00000196. The lowest BCUT2D eigenvalue weighted by Crippen LogP contribution is -2.12. The summed E-state index contributed by atoms with van der Waals surface area (Å²) < 4.78 is 0. The smallest absolute Gasteiger partial charge is 0.121 e. The molecule has 1 rings (SSSR count). The molecule has 0 saturated carbocycles. The summed E-state index contributed by atoms with van der Waals surface area (Å²) in [5.74, 6) is 0.0625. The third kappa shape index (κ3) is 3.68. The highest BCUT2D eigenvalue weighted by molar-refractivity contribution is 5.85. The molecular weight excluding hydrogens is 218 g/mol. The molecule has 0 aliphatic carbocycles. The van der Waals surface area contributed by atoms with Gasteiger partial charge in [-0.2, -0.15) is 0 Å².